The molecule has 41 heavy (non-hydrogen) atoms. The van der Waals surface area contributed by atoms with E-state index in [9.17, 15) is 14.4 Å². The molecular formula is C30H32N6O3S2. The van der Waals surface area contributed by atoms with E-state index in [1.54, 1.807) is 37.0 Å². The normalized spacial score (nSPS) is 14.6. The van der Waals surface area contributed by atoms with Crippen LogP contribution in [0.4, 0.5) is 11.5 Å². The van der Waals surface area contributed by atoms with Crippen molar-refractivity contribution >= 4 is 57.4 Å². The first-order valence-corrected chi connectivity index (χ1v) is 14.8. The summed E-state index contributed by atoms with van der Waals surface area (Å²) in [5.74, 6) is 0.101. The maximum atomic E-state index is 13.9. The Bertz CT molecular complexity index is 1810. The molecule has 11 heteroatoms. The van der Waals surface area contributed by atoms with Crippen molar-refractivity contribution in [2.75, 3.05) is 22.9 Å². The lowest BCUT2D eigenvalue weighted by Crippen LogP contribution is -2.33. The maximum absolute atomic E-state index is 13.9. The number of benzene rings is 1. The van der Waals surface area contributed by atoms with Gasteiger partial charge in [-0.1, -0.05) is 62.1 Å². The van der Waals surface area contributed by atoms with Gasteiger partial charge in [0.1, 0.15) is 17.2 Å². The van der Waals surface area contributed by atoms with Crippen molar-refractivity contribution in [2.24, 2.45) is 7.05 Å². The third-order valence-electron chi connectivity index (χ3n) is 7.17. The molecule has 4 aromatic rings. The third-order valence-corrected chi connectivity index (χ3v) is 8.47. The summed E-state index contributed by atoms with van der Waals surface area (Å²) in [5, 5.41) is 0. The first kappa shape index (κ1) is 28.6. The van der Waals surface area contributed by atoms with E-state index >= 15 is 0 Å². The molecule has 1 aromatic carbocycles. The molecule has 9 nitrogen and oxygen atoms in total. The number of aryl methyl sites for hydroxylation is 1. The number of nitrogens with zero attached hydrogens (tertiary/aromatic N) is 6. The van der Waals surface area contributed by atoms with E-state index in [4.69, 9.17) is 17.2 Å². The summed E-state index contributed by atoms with van der Waals surface area (Å²) in [6.45, 7) is 9.30. The standard InChI is InChI=1S/C30H32N6O3S2/c1-6-15-33(16-7-2)26-22(27(37)34-17-11-12-19(3)25(34)31-26)18-23-28(38)35(30(40)41-23)24-20(4)32(5)36(29(24)39)21-13-9-8-10-14-21/h8-14,17-18H,6-7,15-16H2,1-5H3/b23-18+. The van der Waals surface area contributed by atoms with Gasteiger partial charge in [0, 0.05) is 26.3 Å². The van der Waals surface area contributed by atoms with Gasteiger partial charge < -0.3 is 4.90 Å². The number of thiocarbonyl (C=S) groups is 1. The largest absolute Gasteiger partial charge is 0.356 e. The van der Waals surface area contributed by atoms with Gasteiger partial charge in [0.05, 0.1) is 21.8 Å². The van der Waals surface area contributed by atoms with Crippen LogP contribution >= 0.6 is 24.0 Å². The van der Waals surface area contributed by atoms with Gasteiger partial charge in [-0.15, -0.1) is 0 Å². The quantitative estimate of drug-likeness (QED) is 0.215. The highest BCUT2D eigenvalue weighted by Crippen LogP contribution is 2.37. The molecule has 5 rings (SSSR count). The van der Waals surface area contributed by atoms with Crippen LogP contribution in [0.1, 0.15) is 43.5 Å². The van der Waals surface area contributed by atoms with E-state index in [2.05, 4.69) is 18.7 Å². The number of amides is 1. The summed E-state index contributed by atoms with van der Waals surface area (Å²) in [7, 11) is 1.77. The molecule has 0 spiro atoms. The number of aromatic nitrogens is 4. The summed E-state index contributed by atoms with van der Waals surface area (Å²) < 4.78 is 4.97. The number of hydrogen-bond donors (Lipinski definition) is 0. The minimum Gasteiger partial charge on any atom is -0.356 e. The molecule has 1 aliphatic rings. The average Bonchev–Trinajstić information content (AvgIpc) is 3.35. The van der Waals surface area contributed by atoms with Crippen LogP contribution in [0.5, 0.6) is 0 Å². The van der Waals surface area contributed by atoms with E-state index in [0.717, 1.165) is 30.2 Å². The number of carbonyl (C=O) groups is 1. The Labute approximate surface area is 247 Å². The Hall–Kier alpha value is -3.96. The highest BCUT2D eigenvalue weighted by molar-refractivity contribution is 8.27. The van der Waals surface area contributed by atoms with Crippen LogP contribution < -0.4 is 20.9 Å². The molecule has 0 radical (unpaired) electrons. The van der Waals surface area contributed by atoms with Crippen molar-refractivity contribution < 1.29 is 4.79 Å². The maximum Gasteiger partial charge on any atom is 0.296 e. The lowest BCUT2D eigenvalue weighted by molar-refractivity contribution is -0.113. The third kappa shape index (κ3) is 4.93. The van der Waals surface area contributed by atoms with Gasteiger partial charge in [0.15, 0.2) is 4.32 Å². The summed E-state index contributed by atoms with van der Waals surface area (Å²) in [5.41, 5.74) is 2.64. The van der Waals surface area contributed by atoms with E-state index in [-0.39, 0.29) is 26.0 Å². The van der Waals surface area contributed by atoms with Crippen molar-refractivity contribution in [1.82, 2.24) is 18.7 Å². The molecule has 0 aliphatic carbocycles. The Morgan fingerprint density at radius 1 is 0.976 bits per heavy atom. The number of fused-ring (bicyclic) bond motifs is 1. The van der Waals surface area contributed by atoms with Crippen LogP contribution in [0, 0.1) is 13.8 Å². The van der Waals surface area contributed by atoms with Crippen molar-refractivity contribution in [3.05, 3.63) is 91.1 Å². The lowest BCUT2D eigenvalue weighted by Gasteiger charge is -2.25. The predicted molar refractivity (Wildman–Crippen MR) is 170 cm³/mol. The number of para-hydroxylation sites is 1. The smallest absolute Gasteiger partial charge is 0.296 e. The molecule has 4 heterocycles. The molecule has 1 aliphatic heterocycles. The number of carbonyl (C=O) groups excluding carboxylic acids is 1. The van der Waals surface area contributed by atoms with Crippen LogP contribution in [0.25, 0.3) is 17.4 Å². The highest BCUT2D eigenvalue weighted by Gasteiger charge is 2.38. The summed E-state index contributed by atoms with van der Waals surface area (Å²) in [4.78, 5) is 50.0. The minimum atomic E-state index is -0.441. The predicted octanol–water partition coefficient (Wildman–Crippen LogP) is 4.83. The molecule has 212 valence electrons. The Balaban J connectivity index is 1.66. The van der Waals surface area contributed by atoms with Gasteiger partial charge in [-0.3, -0.25) is 28.4 Å². The van der Waals surface area contributed by atoms with E-state index < -0.39 is 5.91 Å². The highest BCUT2D eigenvalue weighted by atomic mass is 32.2. The molecule has 1 amide bonds. The topological polar surface area (TPSA) is 84.8 Å². The SMILES string of the molecule is CCCN(CCC)c1nc2c(C)cccn2c(=O)c1/C=C1/SC(=S)N(c2c(C)n(C)n(-c3ccccc3)c2=O)C1=O. The van der Waals surface area contributed by atoms with E-state index in [0.29, 0.717) is 41.5 Å². The monoisotopic (exact) mass is 588 g/mol. The molecule has 0 atom stereocenters. The first-order valence-electron chi connectivity index (χ1n) is 13.6. The van der Waals surface area contributed by atoms with Crippen LogP contribution in [-0.4, -0.2) is 42.1 Å². The Morgan fingerprint density at radius 3 is 2.32 bits per heavy atom. The second kappa shape index (κ2) is 11.5. The molecule has 0 saturated carbocycles. The number of thioether (sulfide) groups is 1. The summed E-state index contributed by atoms with van der Waals surface area (Å²) >= 11 is 6.72. The molecule has 3 aromatic heterocycles. The second-order valence-electron chi connectivity index (χ2n) is 9.95. The van der Waals surface area contributed by atoms with Gasteiger partial charge in [0.25, 0.3) is 17.0 Å². The van der Waals surface area contributed by atoms with Crippen LogP contribution in [0.3, 0.4) is 0 Å². The van der Waals surface area contributed by atoms with Gasteiger partial charge in [0.2, 0.25) is 0 Å². The van der Waals surface area contributed by atoms with Crippen molar-refractivity contribution in [3.63, 3.8) is 0 Å². The van der Waals surface area contributed by atoms with Crippen molar-refractivity contribution in [2.45, 2.75) is 40.5 Å². The van der Waals surface area contributed by atoms with Crippen LogP contribution in [0.15, 0.2) is 63.2 Å². The van der Waals surface area contributed by atoms with Crippen molar-refractivity contribution in [1.29, 1.82) is 0 Å². The van der Waals surface area contributed by atoms with Crippen LogP contribution in [-0.2, 0) is 11.8 Å². The molecule has 1 fully saturated rings. The van der Waals surface area contributed by atoms with Gasteiger partial charge in [-0.25, -0.2) is 9.67 Å². The van der Waals surface area contributed by atoms with Gasteiger partial charge in [-0.2, -0.15) is 0 Å². The zero-order valence-electron chi connectivity index (χ0n) is 23.7. The fraction of sp³-hybridized carbons (Fsp3) is 0.300. The summed E-state index contributed by atoms with van der Waals surface area (Å²) in [6, 6.07) is 13.0. The molecule has 0 bridgehead atoms. The minimum absolute atomic E-state index is 0.199. The molecule has 0 N–H and O–H groups in total. The van der Waals surface area contributed by atoms with Crippen molar-refractivity contribution in [3.8, 4) is 5.69 Å². The van der Waals surface area contributed by atoms with Gasteiger partial charge >= 0.3 is 0 Å². The molecule has 1 saturated heterocycles. The Morgan fingerprint density at radius 2 is 1.66 bits per heavy atom. The molecular weight excluding hydrogens is 557 g/mol. The number of hydrogen-bond acceptors (Lipinski definition) is 7. The Kier molecular flexibility index (Phi) is 8.01. The van der Waals surface area contributed by atoms with Crippen LogP contribution in [0.2, 0.25) is 0 Å². The molecule has 0 unspecified atom stereocenters. The fourth-order valence-corrected chi connectivity index (χ4v) is 6.39. The van der Waals surface area contributed by atoms with E-state index in [1.807, 2.05) is 43.3 Å². The fourth-order valence-electron chi connectivity index (χ4n) is 5.13. The van der Waals surface area contributed by atoms with Gasteiger partial charge in [-0.05, 0) is 56.5 Å². The number of pyridine rings is 1. The second-order valence-corrected chi connectivity index (χ2v) is 11.6. The number of anilines is 2. The lowest BCUT2D eigenvalue weighted by atomic mass is 10.2. The van der Waals surface area contributed by atoms with E-state index in [1.165, 1.54) is 14.0 Å². The summed E-state index contributed by atoms with van der Waals surface area (Å²) in [6.07, 6.45) is 5.02. The first-order chi connectivity index (χ1) is 19.7. The number of rotatable bonds is 8. The zero-order chi connectivity index (χ0) is 29.4. The average molecular weight is 589 g/mol. The zero-order valence-corrected chi connectivity index (χ0v) is 25.4.